The Hall–Kier alpha value is -5.02. The Kier molecular flexibility index (Phi) is 14.2. The van der Waals surface area contributed by atoms with E-state index in [9.17, 15) is 4.79 Å². The number of hydrogen-bond acceptors (Lipinski definition) is 7. The van der Waals surface area contributed by atoms with Crippen molar-refractivity contribution in [3.63, 3.8) is 0 Å². The van der Waals surface area contributed by atoms with Crippen LogP contribution >= 0.6 is 24.0 Å². The maximum atomic E-state index is 13.0. The molecule has 1 aliphatic heterocycles. The van der Waals surface area contributed by atoms with Crippen molar-refractivity contribution < 1.29 is 23.7 Å². The van der Waals surface area contributed by atoms with Crippen molar-refractivity contribution in [1.82, 2.24) is 14.8 Å². The summed E-state index contributed by atoms with van der Waals surface area (Å²) in [5.74, 6) is 3.42. The summed E-state index contributed by atoms with van der Waals surface area (Å²) >= 11 is 6.21. The minimum atomic E-state index is 0. The Morgan fingerprint density at radius 3 is 2.13 bits per heavy atom. The summed E-state index contributed by atoms with van der Waals surface area (Å²) in [4.78, 5) is 21.7. The van der Waals surface area contributed by atoms with Gasteiger partial charge >= 0.3 is 0 Å². The maximum absolute atomic E-state index is 13.0. The molecule has 2 heterocycles. The van der Waals surface area contributed by atoms with Gasteiger partial charge in [-0.25, -0.2) is 4.98 Å². The molecule has 5 aromatic rings. The van der Waals surface area contributed by atoms with E-state index in [1.54, 1.807) is 18.3 Å². The first kappa shape index (κ1) is 39.2. The second kappa shape index (κ2) is 19.2. The van der Waals surface area contributed by atoms with E-state index in [1.807, 2.05) is 105 Å². The molecule has 8 nitrogen and oxygen atoms in total. The van der Waals surface area contributed by atoms with Gasteiger partial charge in [0.2, 0.25) is 11.8 Å². The fourth-order valence-corrected chi connectivity index (χ4v) is 5.94. The number of pyridine rings is 1. The molecule has 0 spiro atoms. The Balaban J connectivity index is 0.00000541. The molecule has 1 aliphatic rings. The summed E-state index contributed by atoms with van der Waals surface area (Å²) in [5.41, 5.74) is 5.22. The van der Waals surface area contributed by atoms with Crippen molar-refractivity contribution in [2.45, 2.75) is 46.6 Å². The van der Waals surface area contributed by atoms with Crippen molar-refractivity contribution in [3.05, 3.63) is 148 Å². The van der Waals surface area contributed by atoms with Crippen LogP contribution in [0.25, 0.3) is 6.08 Å². The number of aryl methyl sites for hydroxylation is 1. The second-order valence-electron chi connectivity index (χ2n) is 13.0. The van der Waals surface area contributed by atoms with E-state index < -0.39 is 0 Å². The molecule has 0 N–H and O–H groups in total. The molecule has 10 heteroatoms. The van der Waals surface area contributed by atoms with E-state index in [4.69, 9.17) is 30.5 Å². The smallest absolute Gasteiger partial charge is 0.246 e. The quantitative estimate of drug-likeness (QED) is 0.105. The largest absolute Gasteiger partial charge is 0.491 e. The molecule has 0 atom stereocenters. The fraction of sp³-hybridized carbons (Fsp3) is 0.256. The van der Waals surface area contributed by atoms with Crippen LogP contribution in [0.15, 0.2) is 115 Å². The lowest BCUT2D eigenvalue weighted by Gasteiger charge is -2.34. The van der Waals surface area contributed by atoms with Crippen LogP contribution < -0.4 is 18.9 Å². The Labute approximate surface area is 323 Å². The highest BCUT2D eigenvalue weighted by Gasteiger charge is 2.20. The summed E-state index contributed by atoms with van der Waals surface area (Å²) in [6.07, 6.45) is 5.31. The molecule has 0 saturated carbocycles. The third-order valence-electron chi connectivity index (χ3n) is 8.64. The summed E-state index contributed by atoms with van der Waals surface area (Å²) in [7, 11) is 0. The molecular formula is C43H45Cl2N3O5. The number of benzene rings is 4. The van der Waals surface area contributed by atoms with Crippen LogP contribution in [-0.4, -0.2) is 53.0 Å². The number of ether oxygens (including phenoxy) is 4. The monoisotopic (exact) mass is 753 g/mol. The van der Waals surface area contributed by atoms with Gasteiger partial charge in [0.1, 0.15) is 36.2 Å². The highest BCUT2D eigenvalue weighted by molar-refractivity contribution is 6.31. The standard InChI is InChI=1S/C43H44ClN3O5.ClH/c1-31(2)51-38-17-15-37(16-18-38)49-29-34-10-8-33(9-11-34)28-46-22-24-47(25-23-46)43(48)21-13-35-12-14-39(26-32(35)3)52-42-20-19-40(27-45-42)50-30-36-6-4-5-7-41(36)44;/h4-21,26-27,31H,22-25,28-30H2,1-3H3;1H. The number of piperazine rings is 1. The lowest BCUT2D eigenvalue weighted by atomic mass is 10.1. The number of carbonyl (C=O) groups excluding carboxylic acids is 1. The molecule has 1 fully saturated rings. The summed E-state index contributed by atoms with van der Waals surface area (Å²) < 4.78 is 23.4. The van der Waals surface area contributed by atoms with Crippen molar-refractivity contribution >= 4 is 36.0 Å². The van der Waals surface area contributed by atoms with Gasteiger partial charge in [-0.2, -0.15) is 0 Å². The van der Waals surface area contributed by atoms with E-state index in [0.717, 1.165) is 53.4 Å². The van der Waals surface area contributed by atoms with Gasteiger partial charge in [0.25, 0.3) is 0 Å². The summed E-state index contributed by atoms with van der Waals surface area (Å²) in [5, 5.41) is 0.667. The highest BCUT2D eigenvalue weighted by atomic mass is 35.5. The van der Waals surface area contributed by atoms with E-state index in [2.05, 4.69) is 34.1 Å². The van der Waals surface area contributed by atoms with Gasteiger partial charge in [-0.15, -0.1) is 12.4 Å². The molecule has 1 saturated heterocycles. The third kappa shape index (κ3) is 11.7. The third-order valence-corrected chi connectivity index (χ3v) is 9.01. The molecular weight excluding hydrogens is 709 g/mol. The van der Waals surface area contributed by atoms with Crippen LogP contribution in [0, 0.1) is 6.92 Å². The predicted molar refractivity (Wildman–Crippen MR) is 212 cm³/mol. The Morgan fingerprint density at radius 2 is 1.45 bits per heavy atom. The SMILES string of the molecule is Cc1cc(Oc2ccc(OCc3ccccc3Cl)cn2)ccc1C=CC(=O)N1CCN(Cc2ccc(COc3ccc(OC(C)C)cc3)cc2)CC1.Cl. The Morgan fingerprint density at radius 1 is 0.792 bits per heavy atom. The van der Waals surface area contributed by atoms with Crippen molar-refractivity contribution in [1.29, 1.82) is 0 Å². The average Bonchev–Trinajstić information content (AvgIpc) is 3.15. The predicted octanol–water partition coefficient (Wildman–Crippen LogP) is 9.56. The van der Waals surface area contributed by atoms with Crippen LogP contribution in [0.1, 0.15) is 41.7 Å². The zero-order valence-corrected chi connectivity index (χ0v) is 31.8. The second-order valence-corrected chi connectivity index (χ2v) is 13.4. The van der Waals surface area contributed by atoms with E-state index in [1.165, 1.54) is 5.56 Å². The van der Waals surface area contributed by atoms with E-state index in [0.29, 0.717) is 48.7 Å². The summed E-state index contributed by atoms with van der Waals surface area (Å²) in [6.45, 7) is 10.8. The molecule has 4 aromatic carbocycles. The molecule has 53 heavy (non-hydrogen) atoms. The minimum absolute atomic E-state index is 0. The van der Waals surface area contributed by atoms with Gasteiger partial charge in [-0.1, -0.05) is 60.1 Å². The van der Waals surface area contributed by atoms with Gasteiger partial charge in [0.15, 0.2) is 0 Å². The van der Waals surface area contributed by atoms with Gasteiger partial charge in [0, 0.05) is 55.5 Å². The first-order valence-corrected chi connectivity index (χ1v) is 17.9. The number of nitrogens with zero attached hydrogens (tertiary/aromatic N) is 3. The number of rotatable bonds is 14. The first-order chi connectivity index (χ1) is 25.3. The van der Waals surface area contributed by atoms with E-state index >= 15 is 0 Å². The number of amides is 1. The molecule has 0 unspecified atom stereocenters. The zero-order valence-electron chi connectivity index (χ0n) is 30.2. The number of halogens is 2. The molecule has 0 radical (unpaired) electrons. The van der Waals surface area contributed by atoms with Crippen molar-refractivity contribution in [2.75, 3.05) is 26.2 Å². The van der Waals surface area contributed by atoms with Crippen LogP contribution in [0.4, 0.5) is 0 Å². The van der Waals surface area contributed by atoms with E-state index in [-0.39, 0.29) is 24.4 Å². The maximum Gasteiger partial charge on any atom is 0.246 e. The number of aromatic nitrogens is 1. The van der Waals surface area contributed by atoms with Gasteiger partial charge in [-0.3, -0.25) is 9.69 Å². The fourth-order valence-electron chi connectivity index (χ4n) is 5.75. The normalized spacial score (nSPS) is 13.1. The molecule has 0 aliphatic carbocycles. The van der Waals surface area contributed by atoms with Crippen molar-refractivity contribution in [2.24, 2.45) is 0 Å². The Bertz CT molecular complexity index is 1940. The molecule has 0 bridgehead atoms. The molecule has 1 amide bonds. The summed E-state index contributed by atoms with van der Waals surface area (Å²) in [6, 6.07) is 33.2. The van der Waals surface area contributed by atoms with Crippen LogP contribution in [0.5, 0.6) is 28.9 Å². The van der Waals surface area contributed by atoms with Crippen LogP contribution in [-0.2, 0) is 24.6 Å². The lowest BCUT2D eigenvalue weighted by molar-refractivity contribution is -0.127. The molecule has 6 rings (SSSR count). The van der Waals surface area contributed by atoms with Crippen LogP contribution in [0.3, 0.4) is 0 Å². The molecule has 276 valence electrons. The van der Waals surface area contributed by atoms with Gasteiger partial charge in [0.05, 0.1) is 12.3 Å². The zero-order chi connectivity index (χ0) is 36.3. The van der Waals surface area contributed by atoms with Crippen LogP contribution in [0.2, 0.25) is 5.02 Å². The van der Waals surface area contributed by atoms with Gasteiger partial charge in [-0.05, 0) is 97.6 Å². The average molecular weight is 755 g/mol. The molecule has 1 aromatic heterocycles. The lowest BCUT2D eigenvalue weighted by Crippen LogP contribution is -2.47. The first-order valence-electron chi connectivity index (χ1n) is 17.5. The number of hydrogen-bond donors (Lipinski definition) is 0. The highest BCUT2D eigenvalue weighted by Crippen LogP contribution is 2.26. The number of carbonyl (C=O) groups is 1. The van der Waals surface area contributed by atoms with Crippen molar-refractivity contribution in [3.8, 4) is 28.9 Å². The topological polar surface area (TPSA) is 73.4 Å². The minimum Gasteiger partial charge on any atom is -0.491 e. The van der Waals surface area contributed by atoms with Gasteiger partial charge < -0.3 is 23.8 Å².